The van der Waals surface area contributed by atoms with Crippen LogP contribution in [0.5, 0.6) is 11.5 Å². The topological polar surface area (TPSA) is 32.5 Å². The summed E-state index contributed by atoms with van der Waals surface area (Å²) in [5.41, 5.74) is 7.64. The van der Waals surface area contributed by atoms with Crippen LogP contribution in [0.3, 0.4) is 0 Å². The summed E-state index contributed by atoms with van der Waals surface area (Å²) in [4.78, 5) is 0. The molecule has 3 aromatic rings. The largest absolute Gasteiger partial charge is 0.508 e. The molecule has 0 saturated heterocycles. The minimum Gasteiger partial charge on any atom is -0.508 e. The van der Waals surface area contributed by atoms with Gasteiger partial charge < -0.3 is 9.84 Å². The molecule has 1 N–H and O–H groups in total. The molecule has 6 rings (SSSR count). The van der Waals surface area contributed by atoms with Gasteiger partial charge in [-0.25, -0.2) is 0 Å². The van der Waals surface area contributed by atoms with E-state index < -0.39 is 0 Å². The van der Waals surface area contributed by atoms with E-state index in [9.17, 15) is 5.11 Å². The summed E-state index contributed by atoms with van der Waals surface area (Å²) in [5.74, 6) is 0.989. The molecule has 3 nitrogen and oxygen atoms in total. The maximum atomic E-state index is 9.84. The Kier molecular flexibility index (Phi) is 4.77. The molecule has 0 bridgehead atoms. The molecule has 3 aliphatic rings. The van der Waals surface area contributed by atoms with Crippen molar-refractivity contribution in [3.05, 3.63) is 95.1 Å². The van der Waals surface area contributed by atoms with E-state index in [1.54, 1.807) is 12.1 Å². The number of hydrogen-bond acceptors (Lipinski definition) is 2. The average Bonchev–Trinajstić information content (AvgIpc) is 3.07. The van der Waals surface area contributed by atoms with Crippen molar-refractivity contribution in [1.29, 1.82) is 0 Å². The number of phenolic OH excluding ortho intramolecular Hbond substituents is 1. The summed E-state index contributed by atoms with van der Waals surface area (Å²) >= 11 is 0. The average molecular weight is 449 g/mol. The molecular formula is C31H30NO2+. The lowest BCUT2D eigenvalue weighted by molar-refractivity contribution is -0.433. The van der Waals surface area contributed by atoms with E-state index in [0.29, 0.717) is 0 Å². The number of ether oxygens (including phenoxy) is 1. The lowest BCUT2D eigenvalue weighted by Crippen LogP contribution is -2.28. The molecule has 3 heteroatoms. The summed E-state index contributed by atoms with van der Waals surface area (Å²) in [7, 11) is 0. The number of benzene rings is 3. The Balaban J connectivity index is 1.35. The molecule has 0 spiro atoms. The summed E-state index contributed by atoms with van der Waals surface area (Å²) in [5, 5.41) is 12.5. The first-order valence-electron chi connectivity index (χ1n) is 12.2. The van der Waals surface area contributed by atoms with Gasteiger partial charge in [0.25, 0.3) is 0 Å². The second-order valence-electron chi connectivity index (χ2n) is 9.99. The highest BCUT2D eigenvalue weighted by Gasteiger charge is 2.45. The maximum absolute atomic E-state index is 9.84. The van der Waals surface area contributed by atoms with Crippen molar-refractivity contribution in [2.24, 2.45) is 0 Å². The van der Waals surface area contributed by atoms with Crippen molar-refractivity contribution in [1.82, 2.24) is 0 Å². The Bertz CT molecular complexity index is 1450. The minimum absolute atomic E-state index is 0.0623. The first-order valence-corrected chi connectivity index (χ1v) is 12.2. The predicted molar refractivity (Wildman–Crippen MR) is 139 cm³/mol. The Labute approximate surface area is 201 Å². The number of fused-ring (bicyclic) bond motifs is 5. The first-order chi connectivity index (χ1) is 16.5. The van der Waals surface area contributed by atoms with Gasteiger partial charge in [0.05, 0.1) is 5.41 Å². The fraction of sp³-hybridized carbons (Fsp3) is 0.258. The van der Waals surface area contributed by atoms with Gasteiger partial charge in [-0.3, -0.25) is 0 Å². The normalized spacial score (nSPS) is 20.5. The molecule has 0 saturated carbocycles. The van der Waals surface area contributed by atoms with Crippen molar-refractivity contribution in [2.45, 2.75) is 45.1 Å². The molecular weight excluding hydrogens is 418 g/mol. The highest BCUT2D eigenvalue weighted by atomic mass is 16.5. The summed E-state index contributed by atoms with van der Waals surface area (Å²) < 4.78 is 8.71. The zero-order chi connectivity index (χ0) is 23.4. The molecule has 1 aliphatic carbocycles. The minimum atomic E-state index is -0.0825. The summed E-state index contributed by atoms with van der Waals surface area (Å²) in [6, 6.07) is 18.6. The van der Waals surface area contributed by atoms with E-state index >= 15 is 0 Å². The van der Waals surface area contributed by atoms with Crippen LogP contribution in [-0.4, -0.2) is 28.0 Å². The van der Waals surface area contributed by atoms with E-state index in [0.717, 1.165) is 30.7 Å². The lowest BCUT2D eigenvalue weighted by Gasteiger charge is -2.29. The Morgan fingerprint density at radius 3 is 2.76 bits per heavy atom. The van der Waals surface area contributed by atoms with Crippen LogP contribution in [0.15, 0.2) is 84.0 Å². The number of aromatic hydroxyl groups is 1. The Morgan fingerprint density at radius 1 is 1.06 bits per heavy atom. The number of allylic oxidation sites excluding steroid dienone is 3. The van der Waals surface area contributed by atoms with Gasteiger partial charge in [-0.05, 0) is 85.9 Å². The molecule has 1 unspecified atom stereocenters. The highest BCUT2D eigenvalue weighted by Crippen LogP contribution is 2.44. The second kappa shape index (κ2) is 7.73. The van der Waals surface area contributed by atoms with Gasteiger partial charge >= 0.3 is 0 Å². The third-order valence-electron chi connectivity index (χ3n) is 7.55. The number of phenols is 1. The van der Waals surface area contributed by atoms with Crippen LogP contribution in [0.1, 0.15) is 44.7 Å². The van der Waals surface area contributed by atoms with Crippen molar-refractivity contribution in [3.63, 3.8) is 0 Å². The van der Waals surface area contributed by atoms with E-state index in [4.69, 9.17) is 4.74 Å². The lowest BCUT2D eigenvalue weighted by atomic mass is 9.78. The Hall–Kier alpha value is -3.59. The van der Waals surface area contributed by atoms with E-state index in [-0.39, 0.29) is 17.3 Å². The maximum Gasteiger partial charge on any atom is 0.210 e. The standard InChI is InChI=1S/C31H29NO2/c1-4-32-26-15-13-21-7-5-6-8-25(21)30(26)31(2,3)29(32)16-10-20-9-11-22-18-23-12-14-24(33)19-28(23)34-27(22)17-20/h5-8,10,12-19,27H,4,9,11H2,1-3H3/p+1/b16-10+. The molecule has 34 heavy (non-hydrogen) atoms. The molecule has 2 aliphatic heterocycles. The van der Waals surface area contributed by atoms with Crippen LogP contribution in [0, 0.1) is 0 Å². The molecule has 170 valence electrons. The van der Waals surface area contributed by atoms with Gasteiger partial charge in [-0.2, -0.15) is 4.58 Å². The van der Waals surface area contributed by atoms with Crippen LogP contribution < -0.4 is 4.74 Å². The van der Waals surface area contributed by atoms with Gasteiger partial charge in [-0.1, -0.05) is 30.3 Å². The summed E-state index contributed by atoms with van der Waals surface area (Å²) in [6.07, 6.45) is 11.0. The smallest absolute Gasteiger partial charge is 0.210 e. The summed E-state index contributed by atoms with van der Waals surface area (Å²) in [6.45, 7) is 7.86. The SMILES string of the molecule is CC[N+]1=C(/C=C/C2=CC3Oc4cc(O)ccc4C=C3CC2)C(C)(C)c2c1ccc1ccccc21. The van der Waals surface area contributed by atoms with E-state index in [1.165, 1.54) is 38.9 Å². The van der Waals surface area contributed by atoms with Crippen molar-refractivity contribution in [2.75, 3.05) is 6.54 Å². The van der Waals surface area contributed by atoms with Gasteiger partial charge in [0.1, 0.15) is 24.1 Å². The van der Waals surface area contributed by atoms with Crippen LogP contribution in [0.25, 0.3) is 16.8 Å². The molecule has 2 heterocycles. The zero-order valence-electron chi connectivity index (χ0n) is 20.0. The fourth-order valence-corrected chi connectivity index (χ4v) is 5.86. The van der Waals surface area contributed by atoms with Crippen LogP contribution in [0.2, 0.25) is 0 Å². The highest BCUT2D eigenvalue weighted by molar-refractivity contribution is 6.07. The molecule has 1 atom stereocenters. The number of hydrogen-bond donors (Lipinski definition) is 1. The number of rotatable bonds is 3. The molecule has 0 radical (unpaired) electrons. The van der Waals surface area contributed by atoms with Gasteiger partial charge in [-0.15, -0.1) is 0 Å². The predicted octanol–water partition coefficient (Wildman–Crippen LogP) is 7.06. The van der Waals surface area contributed by atoms with Crippen LogP contribution in [-0.2, 0) is 5.41 Å². The van der Waals surface area contributed by atoms with E-state index in [2.05, 4.69) is 86.0 Å². The van der Waals surface area contributed by atoms with Crippen molar-refractivity contribution < 1.29 is 14.4 Å². The van der Waals surface area contributed by atoms with Crippen molar-refractivity contribution >= 4 is 28.2 Å². The van der Waals surface area contributed by atoms with Crippen molar-refractivity contribution in [3.8, 4) is 11.5 Å². The number of nitrogens with zero attached hydrogens (tertiary/aromatic N) is 1. The first kappa shape index (κ1) is 21.0. The molecule has 0 fully saturated rings. The van der Waals surface area contributed by atoms with Gasteiger partial charge in [0.15, 0.2) is 5.71 Å². The zero-order valence-corrected chi connectivity index (χ0v) is 20.0. The fourth-order valence-electron chi connectivity index (χ4n) is 5.86. The monoisotopic (exact) mass is 448 g/mol. The third-order valence-corrected chi connectivity index (χ3v) is 7.55. The molecule has 3 aromatic carbocycles. The van der Waals surface area contributed by atoms with Crippen LogP contribution >= 0.6 is 0 Å². The second-order valence-corrected chi connectivity index (χ2v) is 9.99. The van der Waals surface area contributed by atoms with Gasteiger partial charge in [0, 0.05) is 29.3 Å². The van der Waals surface area contributed by atoms with Crippen LogP contribution in [0.4, 0.5) is 5.69 Å². The quantitative estimate of drug-likeness (QED) is 0.435. The molecule has 0 amide bonds. The van der Waals surface area contributed by atoms with Gasteiger partial charge in [0.2, 0.25) is 5.69 Å². The Morgan fingerprint density at radius 2 is 1.91 bits per heavy atom. The van der Waals surface area contributed by atoms with E-state index in [1.807, 2.05) is 6.07 Å². The molecule has 0 aromatic heterocycles. The third kappa shape index (κ3) is 3.22.